The highest BCUT2D eigenvalue weighted by atomic mass is 28.4. The first-order chi connectivity index (χ1) is 10.5. The van der Waals surface area contributed by atoms with Gasteiger partial charge in [-0.1, -0.05) is 6.58 Å². The van der Waals surface area contributed by atoms with E-state index in [1.54, 1.807) is 0 Å². The van der Waals surface area contributed by atoms with Crippen molar-refractivity contribution in [1.29, 1.82) is 0 Å². The highest BCUT2D eigenvalue weighted by Crippen LogP contribution is 2.14. The van der Waals surface area contributed by atoms with E-state index in [0.29, 0.717) is 19.8 Å². The minimum Gasteiger partial charge on any atom is -0.448 e. The quantitative estimate of drug-likeness (QED) is 0.258. The summed E-state index contributed by atoms with van der Waals surface area (Å²) >= 11 is 0. The summed E-state index contributed by atoms with van der Waals surface area (Å²) in [6.07, 6.45) is 0. The number of carbonyl (C=O) groups is 1. The SMILES string of the molecule is C=C(C)C(=O)O[Si](OCCOC)(OCCOC)OCCOC. The molecular formula is C13H26O8Si. The maximum atomic E-state index is 11.8. The van der Waals surface area contributed by atoms with Crippen LogP contribution >= 0.6 is 0 Å². The van der Waals surface area contributed by atoms with E-state index >= 15 is 0 Å². The van der Waals surface area contributed by atoms with Crippen LogP contribution in [0.1, 0.15) is 6.92 Å². The van der Waals surface area contributed by atoms with E-state index in [0.717, 1.165) is 0 Å². The highest BCUT2D eigenvalue weighted by Gasteiger charge is 2.50. The molecule has 0 bridgehead atoms. The Morgan fingerprint density at radius 2 is 1.18 bits per heavy atom. The zero-order chi connectivity index (χ0) is 16.8. The molecule has 0 fully saturated rings. The highest BCUT2D eigenvalue weighted by molar-refractivity contribution is 6.55. The Morgan fingerprint density at radius 3 is 1.45 bits per heavy atom. The molecule has 0 aromatic carbocycles. The molecule has 0 aliphatic carbocycles. The number of carbonyl (C=O) groups excluding carboxylic acids is 1. The lowest BCUT2D eigenvalue weighted by Gasteiger charge is -2.27. The standard InChI is InChI=1S/C13H26O8Si/c1-12(2)13(14)21-22(18-9-6-15-3,19-10-7-16-4)20-11-8-17-5/h1,6-11H2,2-5H3. The number of hydrogen-bond acceptors (Lipinski definition) is 8. The average Bonchev–Trinajstić information content (AvgIpc) is 2.48. The Kier molecular flexibility index (Phi) is 12.2. The molecule has 0 amide bonds. The molecule has 0 spiro atoms. The number of ether oxygens (including phenoxy) is 3. The van der Waals surface area contributed by atoms with Crippen molar-refractivity contribution in [1.82, 2.24) is 0 Å². The molecule has 0 rings (SSSR count). The molecule has 0 heterocycles. The number of hydrogen-bond donors (Lipinski definition) is 0. The average molecular weight is 338 g/mol. The van der Waals surface area contributed by atoms with Crippen LogP contribution in [0, 0.1) is 0 Å². The Labute approximate surface area is 132 Å². The van der Waals surface area contributed by atoms with Gasteiger partial charge >= 0.3 is 15.0 Å². The zero-order valence-corrected chi connectivity index (χ0v) is 14.7. The van der Waals surface area contributed by atoms with E-state index in [1.165, 1.54) is 28.3 Å². The summed E-state index contributed by atoms with van der Waals surface area (Å²) in [4.78, 5) is 11.8. The van der Waals surface area contributed by atoms with E-state index in [4.69, 9.17) is 31.9 Å². The summed E-state index contributed by atoms with van der Waals surface area (Å²) in [5.74, 6) is -0.640. The molecule has 0 saturated carbocycles. The molecule has 22 heavy (non-hydrogen) atoms. The third kappa shape index (κ3) is 9.25. The van der Waals surface area contributed by atoms with Crippen molar-refractivity contribution in [2.45, 2.75) is 6.92 Å². The van der Waals surface area contributed by atoms with Crippen LogP contribution in [0.15, 0.2) is 12.2 Å². The van der Waals surface area contributed by atoms with Gasteiger partial charge in [0.1, 0.15) is 0 Å². The topological polar surface area (TPSA) is 81.7 Å². The summed E-state index contributed by atoms with van der Waals surface area (Å²) < 4.78 is 36.7. The molecular weight excluding hydrogens is 312 g/mol. The second-order valence-corrected chi connectivity index (χ2v) is 6.26. The fourth-order valence-electron chi connectivity index (χ4n) is 1.16. The molecule has 0 N–H and O–H groups in total. The molecule has 9 heteroatoms. The van der Waals surface area contributed by atoms with Crippen LogP contribution in [0.4, 0.5) is 0 Å². The molecule has 130 valence electrons. The minimum absolute atomic E-state index is 0.159. The Balaban J connectivity index is 4.91. The summed E-state index contributed by atoms with van der Waals surface area (Å²) in [6, 6.07) is 0. The lowest BCUT2D eigenvalue weighted by Crippen LogP contribution is -2.52. The first-order valence-corrected chi connectivity index (χ1v) is 8.42. The van der Waals surface area contributed by atoms with Gasteiger partial charge in [0.15, 0.2) is 0 Å². The largest absolute Gasteiger partial charge is 0.752 e. The van der Waals surface area contributed by atoms with Crippen LogP contribution in [0.25, 0.3) is 0 Å². The lowest BCUT2D eigenvalue weighted by molar-refractivity contribution is -0.141. The molecule has 0 atom stereocenters. The van der Waals surface area contributed by atoms with Gasteiger partial charge in [-0.15, -0.1) is 0 Å². The second kappa shape index (κ2) is 12.7. The smallest absolute Gasteiger partial charge is 0.448 e. The van der Waals surface area contributed by atoms with Crippen LogP contribution in [0.3, 0.4) is 0 Å². The van der Waals surface area contributed by atoms with E-state index in [9.17, 15) is 4.79 Å². The van der Waals surface area contributed by atoms with Crippen molar-refractivity contribution in [3.8, 4) is 0 Å². The van der Waals surface area contributed by atoms with Crippen molar-refractivity contribution in [3.05, 3.63) is 12.2 Å². The first kappa shape index (κ1) is 21.2. The van der Waals surface area contributed by atoms with Crippen molar-refractivity contribution in [3.63, 3.8) is 0 Å². The monoisotopic (exact) mass is 338 g/mol. The molecule has 0 aromatic rings. The van der Waals surface area contributed by atoms with Crippen LogP contribution in [0.5, 0.6) is 0 Å². The fourth-order valence-corrected chi connectivity index (χ4v) is 2.99. The van der Waals surface area contributed by atoms with Gasteiger partial charge in [-0.05, 0) is 6.92 Å². The Bertz CT molecular complexity index is 297. The van der Waals surface area contributed by atoms with Crippen molar-refractivity contribution in [2.75, 3.05) is 61.0 Å². The molecule has 0 radical (unpaired) electrons. The van der Waals surface area contributed by atoms with Gasteiger partial charge in [0.25, 0.3) is 0 Å². The predicted octanol–water partition coefficient (Wildman–Crippen LogP) is 0.530. The summed E-state index contributed by atoms with van der Waals surface area (Å²) in [5, 5.41) is 0. The lowest BCUT2D eigenvalue weighted by atomic mass is 10.4. The molecule has 0 unspecified atom stereocenters. The molecule has 8 nitrogen and oxygen atoms in total. The number of rotatable bonds is 14. The maximum Gasteiger partial charge on any atom is 0.752 e. The van der Waals surface area contributed by atoms with Gasteiger partial charge in [0, 0.05) is 26.9 Å². The molecule has 0 aliphatic rings. The maximum absolute atomic E-state index is 11.8. The first-order valence-electron chi connectivity index (χ1n) is 6.79. The zero-order valence-electron chi connectivity index (χ0n) is 13.7. The van der Waals surface area contributed by atoms with Gasteiger partial charge in [-0.25, -0.2) is 4.79 Å². The van der Waals surface area contributed by atoms with Crippen molar-refractivity contribution in [2.24, 2.45) is 0 Å². The van der Waals surface area contributed by atoms with Crippen molar-refractivity contribution < 1.29 is 36.7 Å². The minimum atomic E-state index is -3.68. The Hall–Kier alpha value is -0.813. The van der Waals surface area contributed by atoms with Gasteiger partial charge < -0.3 is 31.9 Å². The predicted molar refractivity (Wildman–Crippen MR) is 80.1 cm³/mol. The normalized spacial score (nSPS) is 11.5. The molecule has 0 aliphatic heterocycles. The fraction of sp³-hybridized carbons (Fsp3) is 0.769. The van der Waals surface area contributed by atoms with E-state index in [2.05, 4.69) is 6.58 Å². The van der Waals surface area contributed by atoms with Crippen LogP contribution in [-0.2, 0) is 36.7 Å². The van der Waals surface area contributed by atoms with Gasteiger partial charge in [0.05, 0.1) is 39.6 Å². The van der Waals surface area contributed by atoms with Gasteiger partial charge in [0.2, 0.25) is 0 Å². The summed E-state index contributed by atoms with van der Waals surface area (Å²) in [6.45, 7) is 6.46. The summed E-state index contributed by atoms with van der Waals surface area (Å²) in [5.41, 5.74) is 0.220. The van der Waals surface area contributed by atoms with E-state index in [-0.39, 0.29) is 25.4 Å². The third-order valence-corrected chi connectivity index (χ3v) is 4.37. The van der Waals surface area contributed by atoms with E-state index < -0.39 is 15.0 Å². The number of methoxy groups -OCH3 is 3. The van der Waals surface area contributed by atoms with Gasteiger partial charge in [-0.2, -0.15) is 0 Å². The molecule has 0 saturated heterocycles. The van der Waals surface area contributed by atoms with E-state index in [1.807, 2.05) is 0 Å². The third-order valence-electron chi connectivity index (χ3n) is 2.27. The summed E-state index contributed by atoms with van der Waals surface area (Å²) in [7, 11) is 0.912. The van der Waals surface area contributed by atoms with Gasteiger partial charge in [-0.3, -0.25) is 0 Å². The van der Waals surface area contributed by atoms with Crippen LogP contribution < -0.4 is 0 Å². The Morgan fingerprint density at radius 1 is 0.818 bits per heavy atom. The van der Waals surface area contributed by atoms with Crippen LogP contribution in [-0.4, -0.2) is 76.0 Å². The van der Waals surface area contributed by atoms with Crippen molar-refractivity contribution >= 4 is 15.0 Å². The van der Waals surface area contributed by atoms with Crippen LogP contribution in [0.2, 0.25) is 0 Å². The second-order valence-electron chi connectivity index (χ2n) is 4.19. The molecule has 0 aromatic heterocycles.